The number of thiophene rings is 1. The Hall–Kier alpha value is -0.640. The van der Waals surface area contributed by atoms with Crippen molar-refractivity contribution in [2.75, 3.05) is 20.1 Å². The summed E-state index contributed by atoms with van der Waals surface area (Å²) >= 11 is 1.20. The molecule has 0 aromatic carbocycles. The van der Waals surface area contributed by atoms with Crippen molar-refractivity contribution >= 4 is 21.4 Å². The van der Waals surface area contributed by atoms with Gasteiger partial charge in [0.05, 0.1) is 4.90 Å². The van der Waals surface area contributed by atoms with E-state index in [0.29, 0.717) is 22.3 Å². The summed E-state index contributed by atoms with van der Waals surface area (Å²) in [6.07, 6.45) is -4.56. The molecule has 0 aliphatic heterocycles. The van der Waals surface area contributed by atoms with Crippen LogP contribution in [-0.4, -0.2) is 39.0 Å². The number of alkyl halides is 3. The van der Waals surface area contributed by atoms with E-state index in [2.05, 4.69) is 5.32 Å². The molecule has 0 saturated carbocycles. The third kappa shape index (κ3) is 4.44. The predicted molar refractivity (Wildman–Crippen MR) is 67.6 cm³/mol. The lowest BCUT2D eigenvalue weighted by Gasteiger charge is -2.19. The fraction of sp³-hybridized carbons (Fsp3) is 0.600. The molecule has 0 aliphatic carbocycles. The van der Waals surface area contributed by atoms with Crippen LogP contribution in [0.5, 0.6) is 0 Å². The smallest absolute Gasteiger partial charge is 0.312 e. The molecular weight excluding hydrogens is 301 g/mol. The first-order valence-electron chi connectivity index (χ1n) is 5.48. The summed E-state index contributed by atoms with van der Waals surface area (Å²) in [5, 5.41) is 4.51. The monoisotopic (exact) mass is 316 g/mol. The Labute approximate surface area is 114 Å². The van der Waals surface area contributed by atoms with Gasteiger partial charge in [-0.3, -0.25) is 0 Å². The molecule has 19 heavy (non-hydrogen) atoms. The van der Waals surface area contributed by atoms with Crippen LogP contribution in [0.3, 0.4) is 0 Å². The molecule has 1 heterocycles. The van der Waals surface area contributed by atoms with E-state index in [0.717, 1.165) is 7.05 Å². The molecule has 0 fully saturated rings. The quantitative estimate of drug-likeness (QED) is 0.874. The Bertz CT molecular complexity index is 511. The van der Waals surface area contributed by atoms with E-state index < -0.39 is 22.7 Å². The highest BCUT2D eigenvalue weighted by Gasteiger charge is 2.35. The molecule has 1 rings (SSSR count). The van der Waals surface area contributed by atoms with Crippen LogP contribution < -0.4 is 5.32 Å². The van der Waals surface area contributed by atoms with Gasteiger partial charge < -0.3 is 5.32 Å². The van der Waals surface area contributed by atoms with Crippen molar-refractivity contribution in [1.29, 1.82) is 0 Å². The third-order valence-electron chi connectivity index (χ3n) is 2.33. The first kappa shape index (κ1) is 16.4. The number of halogens is 3. The number of sulfonamides is 1. The van der Waals surface area contributed by atoms with Gasteiger partial charge in [-0.2, -0.15) is 17.5 Å². The van der Waals surface area contributed by atoms with Crippen LogP contribution in [0.25, 0.3) is 0 Å². The minimum Gasteiger partial charge on any atom is -0.312 e. The average Bonchev–Trinajstić information content (AvgIpc) is 2.72. The van der Waals surface area contributed by atoms with Crippen molar-refractivity contribution in [2.24, 2.45) is 0 Å². The molecule has 1 aromatic rings. The van der Waals surface area contributed by atoms with Crippen molar-refractivity contribution in [2.45, 2.75) is 24.5 Å². The number of nitrogens with zero attached hydrogens (tertiary/aromatic N) is 1. The molecule has 0 spiro atoms. The lowest BCUT2D eigenvalue weighted by Crippen LogP contribution is -2.36. The lowest BCUT2D eigenvalue weighted by atomic mass is 10.4. The Kier molecular flexibility index (Phi) is 5.36. The van der Waals surface area contributed by atoms with Crippen LogP contribution in [-0.2, 0) is 16.6 Å². The number of nitrogens with one attached hydrogen (secondary N) is 1. The number of hydrogen-bond donors (Lipinski definition) is 1. The van der Waals surface area contributed by atoms with Crippen molar-refractivity contribution in [3.8, 4) is 0 Å². The van der Waals surface area contributed by atoms with Gasteiger partial charge in [0.15, 0.2) is 0 Å². The molecule has 0 atom stereocenters. The minimum absolute atomic E-state index is 0.0646. The van der Waals surface area contributed by atoms with E-state index in [-0.39, 0.29) is 4.90 Å². The van der Waals surface area contributed by atoms with Gasteiger partial charge in [0.2, 0.25) is 10.0 Å². The zero-order valence-electron chi connectivity index (χ0n) is 10.5. The average molecular weight is 316 g/mol. The van der Waals surface area contributed by atoms with Gasteiger partial charge in [0, 0.05) is 18.5 Å². The molecule has 0 unspecified atom stereocenters. The molecule has 110 valence electrons. The van der Waals surface area contributed by atoms with E-state index >= 15 is 0 Å². The standard InChI is InChI=1S/C10H15F3N2O2S2/c1-3-14-6-8-9(4-5-18-8)19(16,17)15(2)7-10(11,12)13/h4-5,14H,3,6-7H2,1-2H3. The Morgan fingerprint density at radius 1 is 1.42 bits per heavy atom. The third-order valence-corrected chi connectivity index (χ3v) is 5.27. The molecule has 0 radical (unpaired) electrons. The zero-order valence-corrected chi connectivity index (χ0v) is 12.1. The van der Waals surface area contributed by atoms with Crippen LogP contribution >= 0.6 is 11.3 Å². The van der Waals surface area contributed by atoms with Crippen molar-refractivity contribution in [3.63, 3.8) is 0 Å². The largest absolute Gasteiger partial charge is 0.402 e. The van der Waals surface area contributed by atoms with Crippen LogP contribution in [0, 0.1) is 0 Å². The molecule has 0 saturated heterocycles. The van der Waals surface area contributed by atoms with Crippen molar-refractivity contribution in [1.82, 2.24) is 9.62 Å². The molecule has 1 aromatic heterocycles. The SMILES string of the molecule is CCNCc1sccc1S(=O)(=O)N(C)CC(F)(F)F. The molecule has 4 nitrogen and oxygen atoms in total. The topological polar surface area (TPSA) is 49.4 Å². The number of rotatable bonds is 6. The van der Waals surface area contributed by atoms with Gasteiger partial charge in [-0.05, 0) is 18.0 Å². The molecule has 0 bridgehead atoms. The zero-order chi connectivity index (χ0) is 14.7. The summed E-state index contributed by atoms with van der Waals surface area (Å²) in [5.74, 6) is 0. The number of hydrogen-bond acceptors (Lipinski definition) is 4. The fourth-order valence-corrected chi connectivity index (χ4v) is 3.97. The van der Waals surface area contributed by atoms with Crippen molar-refractivity contribution in [3.05, 3.63) is 16.3 Å². The van der Waals surface area contributed by atoms with E-state index in [9.17, 15) is 21.6 Å². The van der Waals surface area contributed by atoms with Crippen molar-refractivity contribution < 1.29 is 21.6 Å². The van der Waals surface area contributed by atoms with Crippen LogP contribution in [0.15, 0.2) is 16.3 Å². The summed E-state index contributed by atoms with van der Waals surface area (Å²) in [6.45, 7) is 1.34. The second kappa shape index (κ2) is 6.21. The molecule has 1 N–H and O–H groups in total. The Balaban J connectivity index is 2.97. The van der Waals surface area contributed by atoms with Gasteiger partial charge in [-0.25, -0.2) is 8.42 Å². The molecular formula is C10H15F3N2O2S2. The maximum absolute atomic E-state index is 12.3. The summed E-state index contributed by atoms with van der Waals surface area (Å²) in [7, 11) is -3.18. The fourth-order valence-electron chi connectivity index (χ4n) is 1.43. The first-order valence-corrected chi connectivity index (χ1v) is 7.80. The molecule has 0 aliphatic rings. The second-order valence-corrected chi connectivity index (χ2v) is 6.88. The highest BCUT2D eigenvalue weighted by molar-refractivity contribution is 7.89. The van der Waals surface area contributed by atoms with Gasteiger partial charge in [-0.1, -0.05) is 6.92 Å². The van der Waals surface area contributed by atoms with Gasteiger partial charge in [-0.15, -0.1) is 11.3 Å². The summed E-state index contributed by atoms with van der Waals surface area (Å²) < 4.78 is 61.2. The lowest BCUT2D eigenvalue weighted by molar-refractivity contribution is -0.134. The van der Waals surface area contributed by atoms with E-state index in [1.165, 1.54) is 17.4 Å². The molecule has 9 heteroatoms. The predicted octanol–water partition coefficient (Wildman–Crippen LogP) is 2.04. The van der Waals surface area contributed by atoms with E-state index in [4.69, 9.17) is 0 Å². The highest BCUT2D eigenvalue weighted by Crippen LogP contribution is 2.26. The highest BCUT2D eigenvalue weighted by atomic mass is 32.2. The normalized spacial score (nSPS) is 13.2. The van der Waals surface area contributed by atoms with Crippen LogP contribution in [0.1, 0.15) is 11.8 Å². The maximum Gasteiger partial charge on any atom is 0.402 e. The Morgan fingerprint density at radius 2 is 2.05 bits per heavy atom. The van der Waals surface area contributed by atoms with Gasteiger partial charge in [0.1, 0.15) is 6.54 Å². The van der Waals surface area contributed by atoms with Gasteiger partial charge >= 0.3 is 6.18 Å². The maximum atomic E-state index is 12.3. The minimum atomic E-state index is -4.56. The van der Waals surface area contributed by atoms with Crippen LogP contribution in [0.4, 0.5) is 13.2 Å². The molecule has 0 amide bonds. The second-order valence-electron chi connectivity index (χ2n) is 3.86. The Morgan fingerprint density at radius 3 is 2.58 bits per heavy atom. The summed E-state index contributed by atoms with van der Waals surface area (Å²) in [6, 6.07) is 1.33. The summed E-state index contributed by atoms with van der Waals surface area (Å²) in [5.41, 5.74) is 0. The van der Waals surface area contributed by atoms with E-state index in [1.807, 2.05) is 6.92 Å². The van der Waals surface area contributed by atoms with E-state index in [1.54, 1.807) is 5.38 Å². The first-order chi connectivity index (χ1) is 8.68. The van der Waals surface area contributed by atoms with Gasteiger partial charge in [0.25, 0.3) is 0 Å². The summed E-state index contributed by atoms with van der Waals surface area (Å²) in [4.78, 5) is 0.445. The van der Waals surface area contributed by atoms with Crippen LogP contribution in [0.2, 0.25) is 0 Å².